The molecule has 78 heavy (non-hydrogen) atoms. The van der Waals surface area contributed by atoms with Crippen LogP contribution in [-0.4, -0.2) is 16.9 Å². The summed E-state index contributed by atoms with van der Waals surface area (Å²) >= 11 is 0. The summed E-state index contributed by atoms with van der Waals surface area (Å²) in [6, 6.07) is 29.1. The molecule has 402 valence electrons. The maximum atomic E-state index is 15.4. The maximum Gasteiger partial charge on any atom is 0.227 e. The van der Waals surface area contributed by atoms with E-state index in [1.54, 1.807) is 6.20 Å². The molecular weight excluding hydrogens is 1080 g/mol. The Bertz CT molecular complexity index is 3440. The van der Waals surface area contributed by atoms with E-state index < -0.39 is 144 Å². The monoisotopic (exact) mass is 1110 g/mol. The molecule has 0 spiro atoms. The van der Waals surface area contributed by atoms with Gasteiger partial charge in [-0.05, 0) is 52.4 Å². The van der Waals surface area contributed by atoms with Crippen molar-refractivity contribution in [2.45, 2.75) is 32.2 Å². The van der Waals surface area contributed by atoms with E-state index in [2.05, 4.69) is 59.6 Å². The van der Waals surface area contributed by atoms with Gasteiger partial charge in [0.1, 0.15) is 52.7 Å². The topological polar surface area (TPSA) is 33.8 Å². The van der Waals surface area contributed by atoms with E-state index >= 15 is 35.1 Å². The normalized spacial score (nSPS) is 11.6. The van der Waals surface area contributed by atoms with Crippen molar-refractivity contribution < 1.29 is 97.2 Å². The summed E-state index contributed by atoms with van der Waals surface area (Å²) in [5, 5.41) is 5.30. The molecule has 24 heteroatoms. The number of hydrogen-bond acceptors (Lipinski definition) is 2. The molecule has 9 rings (SSSR count). The summed E-state index contributed by atoms with van der Waals surface area (Å²) in [5.41, 5.74) is -11.0. The molecule has 0 saturated carbocycles. The number of ketones is 1. The Hall–Kier alpha value is -8.31. The van der Waals surface area contributed by atoms with Crippen LogP contribution in [0.2, 0.25) is 0 Å². The first-order chi connectivity index (χ1) is 37.0. The Morgan fingerprint density at radius 2 is 0.718 bits per heavy atom. The number of Topliss-reactive ketones (excluding diaryl/α,β-unsaturated/α-hetero) is 1. The number of benzene rings is 8. The zero-order chi connectivity index (χ0) is 56.8. The molecule has 0 amide bonds. The quantitative estimate of drug-likeness (QED) is 0.0179. The van der Waals surface area contributed by atoms with Gasteiger partial charge in [0.2, 0.25) is 12.3 Å². The van der Waals surface area contributed by atoms with Gasteiger partial charge in [-0.2, -0.15) is 4.57 Å². The molecule has 0 bridgehead atoms. The van der Waals surface area contributed by atoms with E-state index in [1.807, 2.05) is 47.3 Å². The Kier molecular flexibility index (Phi) is 15.8. The predicted molar refractivity (Wildman–Crippen MR) is 243 cm³/mol. The smallest absolute Gasteiger partial charge is 0.227 e. The third kappa shape index (κ3) is 9.33. The Morgan fingerprint density at radius 1 is 0.397 bits per heavy atom. The summed E-state index contributed by atoms with van der Waals surface area (Å²) in [4.78, 5) is 17.0. The fraction of sp³-hybridized carbons (Fsp3) is 0.0926. The molecule has 8 aromatic carbocycles. The van der Waals surface area contributed by atoms with Crippen LogP contribution < -0.4 is 26.4 Å². The third-order valence-electron chi connectivity index (χ3n) is 13.0. The van der Waals surface area contributed by atoms with E-state index in [1.165, 1.54) is 27.1 Å². The van der Waals surface area contributed by atoms with Crippen LogP contribution in [0.15, 0.2) is 104 Å². The van der Waals surface area contributed by atoms with Gasteiger partial charge in [-0.25, -0.2) is 87.8 Å². The van der Waals surface area contributed by atoms with E-state index in [0.717, 1.165) is 36.9 Å². The van der Waals surface area contributed by atoms with E-state index in [9.17, 15) is 57.5 Å². The first-order valence-corrected chi connectivity index (χ1v) is 22.5. The fourth-order valence-corrected chi connectivity index (χ4v) is 9.51. The van der Waals surface area contributed by atoms with Crippen molar-refractivity contribution in [1.29, 1.82) is 0 Å². The SMILES string of the molecule is Fc1c(F)c(F)c([B-](c2c(F)c(F)c(F)c(F)c2F)(c2c(F)c(F)c(F)c(F)c2F)c2c(F)c(F)c(F)c(F)c2F)c(F)c1F.O=C(C[n+]1ccncc1CCCCc1c2ccccc2cc2ccccc12)c1ccccc1. The number of halogens is 20. The van der Waals surface area contributed by atoms with Crippen LogP contribution in [0.1, 0.15) is 34.5 Å². The van der Waals surface area contributed by atoms with Gasteiger partial charge in [-0.15, -0.1) is 21.9 Å². The minimum absolute atomic E-state index is 0.121. The minimum Gasteiger partial charge on any atom is -0.287 e. The number of hydrogen-bond donors (Lipinski definition) is 0. The number of unbranched alkanes of at least 4 members (excludes halogenated alkanes) is 1. The van der Waals surface area contributed by atoms with Gasteiger partial charge in [-0.1, -0.05) is 78.9 Å². The number of aromatic nitrogens is 2. The lowest BCUT2D eigenvalue weighted by molar-refractivity contribution is -0.691. The Morgan fingerprint density at radius 3 is 1.09 bits per heavy atom. The molecule has 1 heterocycles. The number of carbonyl (C=O) groups is 1. The largest absolute Gasteiger partial charge is 0.287 e. The number of aryl methyl sites for hydroxylation is 2. The molecule has 0 unspecified atom stereocenters. The lowest BCUT2D eigenvalue weighted by atomic mass is 9.12. The third-order valence-corrected chi connectivity index (χ3v) is 13.0. The molecule has 0 saturated heterocycles. The number of carbonyl (C=O) groups excluding carboxylic acids is 1. The van der Waals surface area contributed by atoms with E-state index in [-0.39, 0.29) is 5.78 Å². The molecule has 0 aliphatic rings. The van der Waals surface area contributed by atoms with E-state index in [0.29, 0.717) is 6.54 Å². The standard InChI is InChI=1S/C30H27N2O.C24BF20/c33-30(23-10-2-1-3-11-23)22-32-19-18-31-21-26(32)14-6-9-17-29-27-15-7-4-12-24(27)20-25-13-5-8-16-28(25)29;26-5-1(6(27)14(35)21(42)13(5)34)25(2-7(28)15(36)22(43)16(37)8(2)29,3-9(30)17(38)23(44)18(39)10(3)31)4-11(32)19(40)24(45)20(41)12(4)33/h1-5,7-8,10-13,15-16,18-21H,6,9,14,17,22H2;/q+1;-1. The second-order valence-electron chi connectivity index (χ2n) is 17.3. The summed E-state index contributed by atoms with van der Waals surface area (Å²) in [7, 11) is 0. The molecule has 1 aromatic heterocycles. The maximum absolute atomic E-state index is 15.4. The summed E-state index contributed by atoms with van der Waals surface area (Å²) in [6.45, 7) is 0.343. The highest BCUT2D eigenvalue weighted by molar-refractivity contribution is 7.20. The van der Waals surface area contributed by atoms with Crippen LogP contribution in [0.3, 0.4) is 0 Å². The highest BCUT2D eigenvalue weighted by Gasteiger charge is 2.52. The van der Waals surface area contributed by atoms with Crippen molar-refractivity contribution in [3.8, 4) is 0 Å². The lowest BCUT2D eigenvalue weighted by Gasteiger charge is -2.44. The van der Waals surface area contributed by atoms with E-state index in [4.69, 9.17) is 0 Å². The van der Waals surface area contributed by atoms with Crippen molar-refractivity contribution >= 4 is 55.3 Å². The average Bonchev–Trinajstić information content (AvgIpc) is 3.63. The van der Waals surface area contributed by atoms with Gasteiger partial charge in [0.05, 0.1) is 12.4 Å². The van der Waals surface area contributed by atoms with Crippen LogP contribution in [0.4, 0.5) is 87.8 Å². The molecule has 0 N–H and O–H groups in total. The molecular formula is C54H27BF20N2O. The summed E-state index contributed by atoms with van der Waals surface area (Å²) in [5.74, 6) is -71.3. The first-order valence-electron chi connectivity index (χ1n) is 22.5. The van der Waals surface area contributed by atoms with Crippen LogP contribution >= 0.6 is 0 Å². The first kappa shape index (κ1) is 55.9. The molecule has 0 aliphatic carbocycles. The van der Waals surface area contributed by atoms with Crippen LogP contribution in [0.25, 0.3) is 21.5 Å². The van der Waals surface area contributed by atoms with Gasteiger partial charge < -0.3 is 0 Å². The fourth-order valence-electron chi connectivity index (χ4n) is 9.51. The minimum atomic E-state index is -7.22. The van der Waals surface area contributed by atoms with Crippen LogP contribution in [0, 0.1) is 116 Å². The zero-order valence-electron chi connectivity index (χ0n) is 38.8. The Balaban J connectivity index is 0.000000215. The highest BCUT2D eigenvalue weighted by Crippen LogP contribution is 2.32. The molecule has 0 aliphatic heterocycles. The van der Waals surface area contributed by atoms with Gasteiger partial charge >= 0.3 is 0 Å². The predicted octanol–water partition coefficient (Wildman–Crippen LogP) is 12.0. The van der Waals surface area contributed by atoms with Crippen molar-refractivity contribution in [1.82, 2.24) is 4.98 Å². The Labute approximate surface area is 425 Å². The highest BCUT2D eigenvalue weighted by atomic mass is 19.2. The molecule has 3 nitrogen and oxygen atoms in total. The van der Waals surface area contributed by atoms with Gasteiger partial charge in [-0.3, -0.25) is 9.78 Å². The molecule has 0 radical (unpaired) electrons. The second-order valence-corrected chi connectivity index (χ2v) is 17.3. The van der Waals surface area contributed by atoms with Crippen molar-refractivity contribution in [2.24, 2.45) is 0 Å². The zero-order valence-corrected chi connectivity index (χ0v) is 38.8. The van der Waals surface area contributed by atoms with Crippen molar-refractivity contribution in [3.05, 3.63) is 237 Å². The van der Waals surface area contributed by atoms with Gasteiger partial charge in [0, 0.05) is 12.0 Å². The van der Waals surface area contributed by atoms with Crippen molar-refractivity contribution in [2.75, 3.05) is 0 Å². The van der Waals surface area contributed by atoms with Crippen LogP contribution in [0.5, 0.6) is 0 Å². The molecule has 0 atom stereocenters. The average molecular weight is 1110 g/mol. The van der Waals surface area contributed by atoms with Crippen LogP contribution in [-0.2, 0) is 19.4 Å². The summed E-state index contributed by atoms with van der Waals surface area (Å²) < 4.78 is 296. The second kappa shape index (κ2) is 22.0. The summed E-state index contributed by atoms with van der Waals surface area (Å²) in [6.07, 6.45) is 2.40. The molecule has 9 aromatic rings. The van der Waals surface area contributed by atoms with Crippen molar-refractivity contribution in [3.63, 3.8) is 0 Å². The van der Waals surface area contributed by atoms with Gasteiger partial charge in [0.25, 0.3) is 0 Å². The number of nitrogens with zero attached hydrogens (tertiary/aromatic N) is 2. The lowest BCUT2D eigenvalue weighted by Crippen LogP contribution is -2.81. The number of fused-ring (bicyclic) bond motifs is 2. The molecule has 0 fully saturated rings. The number of rotatable bonds is 12. The van der Waals surface area contributed by atoms with Gasteiger partial charge in [0.15, 0.2) is 81.7 Å².